The SMILES string of the molecule is CNCc1cc(F)ccc1OC1CCCC1. The Bertz CT molecular complexity index is 348. The van der Waals surface area contributed by atoms with Crippen molar-refractivity contribution in [1.29, 1.82) is 0 Å². The number of hydrogen-bond acceptors (Lipinski definition) is 2. The highest BCUT2D eigenvalue weighted by atomic mass is 19.1. The van der Waals surface area contributed by atoms with Crippen molar-refractivity contribution in [3.8, 4) is 5.75 Å². The zero-order valence-electron chi connectivity index (χ0n) is 9.63. The standard InChI is InChI=1S/C13H18FNO/c1-15-9-10-8-11(14)6-7-13(10)16-12-4-2-3-5-12/h6-8,12,15H,2-5,9H2,1H3. The first-order chi connectivity index (χ1) is 7.79. The van der Waals surface area contributed by atoms with E-state index in [1.165, 1.54) is 18.9 Å². The average molecular weight is 223 g/mol. The van der Waals surface area contributed by atoms with E-state index in [-0.39, 0.29) is 5.82 Å². The third-order valence-electron chi connectivity index (χ3n) is 2.99. The zero-order valence-corrected chi connectivity index (χ0v) is 9.63. The first-order valence-electron chi connectivity index (χ1n) is 5.89. The highest BCUT2D eigenvalue weighted by Crippen LogP contribution is 2.27. The van der Waals surface area contributed by atoms with Gasteiger partial charge in [0.05, 0.1) is 6.10 Å². The lowest BCUT2D eigenvalue weighted by Gasteiger charge is -2.16. The number of rotatable bonds is 4. The molecule has 0 aromatic heterocycles. The van der Waals surface area contributed by atoms with Gasteiger partial charge >= 0.3 is 0 Å². The van der Waals surface area contributed by atoms with Crippen molar-refractivity contribution in [2.45, 2.75) is 38.3 Å². The van der Waals surface area contributed by atoms with Gasteiger partial charge in [-0.25, -0.2) is 4.39 Å². The molecule has 1 fully saturated rings. The number of hydrogen-bond donors (Lipinski definition) is 1. The fourth-order valence-electron chi connectivity index (χ4n) is 2.18. The summed E-state index contributed by atoms with van der Waals surface area (Å²) in [6.45, 7) is 0.639. The Hall–Kier alpha value is -1.09. The van der Waals surface area contributed by atoms with Gasteiger partial charge in [0.25, 0.3) is 0 Å². The topological polar surface area (TPSA) is 21.3 Å². The molecule has 0 radical (unpaired) electrons. The molecular formula is C13H18FNO. The van der Waals surface area contributed by atoms with Gasteiger partial charge in [-0.3, -0.25) is 0 Å². The van der Waals surface area contributed by atoms with E-state index in [4.69, 9.17) is 4.74 Å². The molecule has 16 heavy (non-hydrogen) atoms. The molecule has 1 aromatic rings. The Balaban J connectivity index is 2.11. The molecule has 0 bridgehead atoms. The van der Waals surface area contributed by atoms with Gasteiger partial charge in [-0.1, -0.05) is 0 Å². The smallest absolute Gasteiger partial charge is 0.124 e. The minimum absolute atomic E-state index is 0.205. The van der Waals surface area contributed by atoms with Crippen LogP contribution in [0.3, 0.4) is 0 Å². The Morgan fingerprint density at radius 3 is 2.81 bits per heavy atom. The molecule has 1 aliphatic carbocycles. The van der Waals surface area contributed by atoms with Crippen LogP contribution in [0.4, 0.5) is 4.39 Å². The quantitative estimate of drug-likeness (QED) is 0.847. The second-order valence-corrected chi connectivity index (χ2v) is 4.31. The van der Waals surface area contributed by atoms with Crippen LogP contribution in [0, 0.1) is 5.82 Å². The lowest BCUT2D eigenvalue weighted by molar-refractivity contribution is 0.207. The molecule has 1 saturated carbocycles. The second-order valence-electron chi connectivity index (χ2n) is 4.31. The van der Waals surface area contributed by atoms with Crippen LogP contribution in [0.1, 0.15) is 31.2 Å². The van der Waals surface area contributed by atoms with Crippen LogP contribution in [0.15, 0.2) is 18.2 Å². The fraction of sp³-hybridized carbons (Fsp3) is 0.538. The van der Waals surface area contributed by atoms with Crippen LogP contribution in [-0.2, 0) is 6.54 Å². The molecule has 88 valence electrons. The lowest BCUT2D eigenvalue weighted by Crippen LogP contribution is -2.14. The molecule has 1 aliphatic rings. The van der Waals surface area contributed by atoms with E-state index >= 15 is 0 Å². The van der Waals surface area contributed by atoms with Gasteiger partial charge in [0.1, 0.15) is 11.6 Å². The van der Waals surface area contributed by atoms with Crippen LogP contribution in [0.5, 0.6) is 5.75 Å². The Labute approximate surface area is 95.8 Å². The molecule has 1 aromatic carbocycles. The van der Waals surface area contributed by atoms with Crippen molar-refractivity contribution >= 4 is 0 Å². The van der Waals surface area contributed by atoms with Crippen molar-refractivity contribution in [2.75, 3.05) is 7.05 Å². The summed E-state index contributed by atoms with van der Waals surface area (Å²) in [6.07, 6.45) is 5.05. The van der Waals surface area contributed by atoms with Crippen molar-refractivity contribution < 1.29 is 9.13 Å². The first kappa shape index (κ1) is 11.4. The maximum absolute atomic E-state index is 13.1. The summed E-state index contributed by atoms with van der Waals surface area (Å²) in [5.41, 5.74) is 0.898. The third-order valence-corrected chi connectivity index (χ3v) is 2.99. The molecule has 3 heteroatoms. The first-order valence-corrected chi connectivity index (χ1v) is 5.89. The van der Waals surface area contributed by atoms with E-state index in [0.717, 1.165) is 24.2 Å². The molecule has 2 nitrogen and oxygen atoms in total. The van der Waals surface area contributed by atoms with E-state index in [9.17, 15) is 4.39 Å². The predicted molar refractivity (Wildman–Crippen MR) is 62.0 cm³/mol. The average Bonchev–Trinajstić information content (AvgIpc) is 2.75. The summed E-state index contributed by atoms with van der Waals surface area (Å²) >= 11 is 0. The summed E-state index contributed by atoms with van der Waals surface area (Å²) in [5.74, 6) is 0.617. The Kier molecular flexibility index (Phi) is 3.78. The van der Waals surface area contributed by atoms with Crippen molar-refractivity contribution in [3.05, 3.63) is 29.6 Å². The lowest BCUT2D eigenvalue weighted by atomic mass is 10.2. The molecule has 0 aliphatic heterocycles. The summed E-state index contributed by atoms with van der Waals surface area (Å²) in [6, 6.07) is 4.74. The van der Waals surface area contributed by atoms with Gasteiger partial charge in [0.15, 0.2) is 0 Å². The van der Waals surface area contributed by atoms with E-state index in [0.29, 0.717) is 12.6 Å². The van der Waals surface area contributed by atoms with Crippen LogP contribution in [0.25, 0.3) is 0 Å². The van der Waals surface area contributed by atoms with Crippen LogP contribution < -0.4 is 10.1 Å². The van der Waals surface area contributed by atoms with Crippen molar-refractivity contribution in [2.24, 2.45) is 0 Å². The molecule has 1 N–H and O–H groups in total. The highest BCUT2D eigenvalue weighted by Gasteiger charge is 2.17. The van der Waals surface area contributed by atoms with E-state index in [1.54, 1.807) is 12.1 Å². The summed E-state index contributed by atoms with van der Waals surface area (Å²) < 4.78 is 19.0. The molecule has 0 atom stereocenters. The number of benzene rings is 1. The molecule has 0 saturated heterocycles. The third kappa shape index (κ3) is 2.73. The number of ether oxygens (including phenoxy) is 1. The molecule has 0 spiro atoms. The predicted octanol–water partition coefficient (Wildman–Crippen LogP) is 2.87. The van der Waals surface area contributed by atoms with Crippen LogP contribution in [-0.4, -0.2) is 13.2 Å². The minimum Gasteiger partial charge on any atom is -0.490 e. The molecule has 2 rings (SSSR count). The minimum atomic E-state index is -0.205. The van der Waals surface area contributed by atoms with Gasteiger partial charge in [-0.2, -0.15) is 0 Å². The van der Waals surface area contributed by atoms with Gasteiger partial charge < -0.3 is 10.1 Å². The monoisotopic (exact) mass is 223 g/mol. The van der Waals surface area contributed by atoms with E-state index in [1.807, 2.05) is 7.05 Å². The Morgan fingerprint density at radius 1 is 1.38 bits per heavy atom. The number of nitrogens with one attached hydrogen (secondary N) is 1. The second kappa shape index (κ2) is 5.30. The largest absolute Gasteiger partial charge is 0.490 e. The number of halogens is 1. The normalized spacial score (nSPS) is 16.6. The zero-order chi connectivity index (χ0) is 11.4. The van der Waals surface area contributed by atoms with Crippen LogP contribution >= 0.6 is 0 Å². The highest BCUT2D eigenvalue weighted by molar-refractivity contribution is 5.34. The van der Waals surface area contributed by atoms with Gasteiger partial charge in [0, 0.05) is 12.1 Å². The summed E-state index contributed by atoms with van der Waals surface area (Å²) in [4.78, 5) is 0. The van der Waals surface area contributed by atoms with Crippen molar-refractivity contribution in [3.63, 3.8) is 0 Å². The maximum Gasteiger partial charge on any atom is 0.124 e. The fourth-order valence-corrected chi connectivity index (χ4v) is 2.18. The van der Waals surface area contributed by atoms with Crippen LogP contribution in [0.2, 0.25) is 0 Å². The summed E-state index contributed by atoms with van der Waals surface area (Å²) in [5, 5.41) is 3.03. The van der Waals surface area contributed by atoms with Gasteiger partial charge in [-0.15, -0.1) is 0 Å². The molecule has 0 unspecified atom stereocenters. The molecule has 0 amide bonds. The summed E-state index contributed by atoms with van der Waals surface area (Å²) in [7, 11) is 1.85. The maximum atomic E-state index is 13.1. The van der Waals surface area contributed by atoms with Crippen molar-refractivity contribution in [1.82, 2.24) is 5.32 Å². The van der Waals surface area contributed by atoms with E-state index < -0.39 is 0 Å². The van der Waals surface area contributed by atoms with Gasteiger partial charge in [-0.05, 0) is 50.9 Å². The van der Waals surface area contributed by atoms with E-state index in [2.05, 4.69) is 5.32 Å². The molecular weight excluding hydrogens is 205 g/mol. The molecule has 0 heterocycles. The van der Waals surface area contributed by atoms with Gasteiger partial charge in [0.2, 0.25) is 0 Å². The Morgan fingerprint density at radius 2 is 2.12 bits per heavy atom.